The van der Waals surface area contributed by atoms with E-state index in [0.29, 0.717) is 5.56 Å². The number of nitrogens with zero attached hydrogens (tertiary/aromatic N) is 2. The van der Waals surface area contributed by atoms with Crippen LogP contribution >= 0.6 is 23.2 Å². The minimum Gasteiger partial charge on any atom is -0.232 e. The lowest BCUT2D eigenvalue weighted by Gasteiger charge is -2.11. The lowest BCUT2D eigenvalue weighted by molar-refractivity contribution is -0.141. The van der Waals surface area contributed by atoms with Crippen LogP contribution < -0.4 is 5.14 Å². The Morgan fingerprint density at radius 3 is 2.17 bits per heavy atom. The summed E-state index contributed by atoms with van der Waals surface area (Å²) >= 11 is 12.0. The molecule has 0 aliphatic rings. The van der Waals surface area contributed by atoms with Crippen LogP contribution in [0.25, 0.3) is 16.9 Å². The van der Waals surface area contributed by atoms with E-state index in [-0.39, 0.29) is 38.3 Å². The third-order valence-electron chi connectivity index (χ3n) is 4.21. The molecule has 154 valence electrons. The van der Waals surface area contributed by atoms with E-state index in [0.717, 1.165) is 4.68 Å². The van der Waals surface area contributed by atoms with Crippen molar-refractivity contribution in [2.24, 2.45) is 5.14 Å². The highest BCUT2D eigenvalue weighted by Crippen LogP contribution is 2.39. The highest BCUT2D eigenvalue weighted by atomic mass is 35.5. The van der Waals surface area contributed by atoms with Crippen molar-refractivity contribution in [2.75, 3.05) is 0 Å². The van der Waals surface area contributed by atoms with E-state index < -0.39 is 21.9 Å². The number of primary sulfonamides is 1. The molecule has 1 heterocycles. The number of aromatic nitrogens is 2. The molecule has 0 aliphatic carbocycles. The Hall–Kier alpha value is -2.07. The molecule has 0 fully saturated rings. The molecule has 2 N–H and O–H groups in total. The first-order valence-corrected chi connectivity index (χ1v) is 10.5. The average Bonchev–Trinajstić information content (AvgIpc) is 3.03. The van der Waals surface area contributed by atoms with Crippen LogP contribution in [-0.2, 0) is 22.6 Å². The maximum absolute atomic E-state index is 13.6. The van der Waals surface area contributed by atoms with Gasteiger partial charge in [0.2, 0.25) is 10.0 Å². The van der Waals surface area contributed by atoms with Gasteiger partial charge >= 0.3 is 6.18 Å². The van der Waals surface area contributed by atoms with Gasteiger partial charge in [-0.15, -0.1) is 0 Å². The third kappa shape index (κ3) is 4.28. The van der Waals surface area contributed by atoms with Crippen LogP contribution in [0.3, 0.4) is 0 Å². The van der Waals surface area contributed by atoms with Crippen LogP contribution in [0.15, 0.2) is 47.4 Å². The van der Waals surface area contributed by atoms with Crippen molar-refractivity contribution >= 4 is 33.2 Å². The second kappa shape index (κ2) is 7.64. The standard InChI is InChI=1S/C18H14Cl2F3N3O2S/c1-2-13-16(10-3-8-14(19)15(20)9-10)26(25-17(13)18(21,22)23)11-4-6-12(7-5-11)29(24,27)28/h3-9H,2H2,1H3,(H2,24,27,28). The first-order valence-electron chi connectivity index (χ1n) is 8.21. The molecule has 3 aromatic rings. The molecule has 0 amide bonds. The van der Waals surface area contributed by atoms with E-state index in [1.54, 1.807) is 13.0 Å². The van der Waals surface area contributed by atoms with Crippen LogP contribution in [0.2, 0.25) is 10.0 Å². The van der Waals surface area contributed by atoms with Crippen LogP contribution in [0, 0.1) is 0 Å². The second-order valence-electron chi connectivity index (χ2n) is 6.11. The van der Waals surface area contributed by atoms with Gasteiger partial charge in [-0.1, -0.05) is 36.2 Å². The van der Waals surface area contributed by atoms with Crippen molar-refractivity contribution < 1.29 is 21.6 Å². The summed E-state index contributed by atoms with van der Waals surface area (Å²) in [6, 6.07) is 9.52. The van der Waals surface area contributed by atoms with Crippen molar-refractivity contribution in [2.45, 2.75) is 24.4 Å². The first-order chi connectivity index (χ1) is 13.4. The summed E-state index contributed by atoms with van der Waals surface area (Å²) in [5.41, 5.74) is -0.261. The molecule has 11 heteroatoms. The fourth-order valence-corrected chi connectivity index (χ4v) is 3.73. The average molecular weight is 464 g/mol. The van der Waals surface area contributed by atoms with Gasteiger partial charge in [-0.25, -0.2) is 18.2 Å². The van der Waals surface area contributed by atoms with Crippen LogP contribution in [0.5, 0.6) is 0 Å². The Morgan fingerprint density at radius 2 is 1.69 bits per heavy atom. The van der Waals surface area contributed by atoms with Gasteiger partial charge in [0.05, 0.1) is 26.3 Å². The zero-order chi connectivity index (χ0) is 21.6. The zero-order valence-electron chi connectivity index (χ0n) is 14.8. The summed E-state index contributed by atoms with van der Waals surface area (Å²) in [5.74, 6) is 0. The van der Waals surface area contributed by atoms with Crippen molar-refractivity contribution in [1.82, 2.24) is 9.78 Å². The predicted molar refractivity (Wildman–Crippen MR) is 105 cm³/mol. The maximum atomic E-state index is 13.6. The second-order valence-corrected chi connectivity index (χ2v) is 8.48. The number of benzene rings is 2. The lowest BCUT2D eigenvalue weighted by atomic mass is 10.0. The largest absolute Gasteiger partial charge is 0.435 e. The molecule has 0 atom stereocenters. The monoisotopic (exact) mass is 463 g/mol. The topological polar surface area (TPSA) is 78.0 Å². The van der Waals surface area contributed by atoms with E-state index in [4.69, 9.17) is 28.3 Å². The van der Waals surface area contributed by atoms with Crippen LogP contribution in [0.1, 0.15) is 18.2 Å². The molecule has 0 radical (unpaired) electrons. The molecule has 1 aromatic heterocycles. The Morgan fingerprint density at radius 1 is 1.07 bits per heavy atom. The number of rotatable bonds is 4. The number of hydrogen-bond acceptors (Lipinski definition) is 3. The smallest absolute Gasteiger partial charge is 0.232 e. The SMILES string of the molecule is CCc1c(C(F)(F)F)nn(-c2ccc(S(N)(=O)=O)cc2)c1-c1ccc(Cl)c(Cl)c1. The predicted octanol–water partition coefficient (Wildman–Crippen LogP) is 5.07. The fraction of sp³-hybridized carbons (Fsp3) is 0.167. The quantitative estimate of drug-likeness (QED) is 0.586. The molecular formula is C18H14Cl2F3N3O2S. The summed E-state index contributed by atoms with van der Waals surface area (Å²) in [6.45, 7) is 1.59. The van der Waals surface area contributed by atoms with Gasteiger partial charge in [0, 0.05) is 11.1 Å². The van der Waals surface area contributed by atoms with Crippen LogP contribution in [-0.4, -0.2) is 18.2 Å². The molecule has 3 rings (SSSR count). The van der Waals surface area contributed by atoms with E-state index >= 15 is 0 Å². The number of sulfonamides is 1. The Balaban J connectivity index is 2.30. The third-order valence-corrected chi connectivity index (χ3v) is 5.88. The van der Waals surface area contributed by atoms with Crippen molar-refractivity contribution in [3.63, 3.8) is 0 Å². The normalized spacial score (nSPS) is 12.4. The van der Waals surface area contributed by atoms with Crippen molar-refractivity contribution in [1.29, 1.82) is 0 Å². The maximum Gasteiger partial charge on any atom is 0.435 e. The first kappa shape index (κ1) is 21.6. The number of halogens is 5. The summed E-state index contributed by atoms with van der Waals surface area (Å²) in [4.78, 5) is -0.170. The van der Waals surface area contributed by atoms with Gasteiger partial charge in [0.25, 0.3) is 0 Å². The summed E-state index contributed by atoms with van der Waals surface area (Å²) in [6.07, 6.45) is -4.62. The highest BCUT2D eigenvalue weighted by Gasteiger charge is 2.39. The van der Waals surface area contributed by atoms with Crippen molar-refractivity contribution in [3.05, 3.63) is 63.8 Å². The van der Waals surface area contributed by atoms with E-state index in [1.165, 1.54) is 36.4 Å². The Bertz CT molecular complexity index is 1170. The van der Waals surface area contributed by atoms with Gasteiger partial charge in [0.1, 0.15) is 0 Å². The van der Waals surface area contributed by atoms with E-state index in [9.17, 15) is 21.6 Å². The number of alkyl halides is 3. The van der Waals surface area contributed by atoms with E-state index in [2.05, 4.69) is 5.10 Å². The number of nitrogens with two attached hydrogens (primary N) is 1. The number of hydrogen-bond donors (Lipinski definition) is 1. The minimum absolute atomic E-state index is 0.0218. The molecule has 0 spiro atoms. The van der Waals surface area contributed by atoms with Gasteiger partial charge in [-0.2, -0.15) is 18.3 Å². The lowest BCUT2D eigenvalue weighted by Crippen LogP contribution is -2.12. The summed E-state index contributed by atoms with van der Waals surface area (Å²) < 4.78 is 64.8. The molecule has 0 bridgehead atoms. The Kier molecular flexibility index (Phi) is 5.70. The zero-order valence-corrected chi connectivity index (χ0v) is 17.2. The van der Waals surface area contributed by atoms with Gasteiger partial charge in [-0.05, 0) is 42.8 Å². The highest BCUT2D eigenvalue weighted by molar-refractivity contribution is 7.89. The molecule has 0 aliphatic heterocycles. The summed E-state index contributed by atoms with van der Waals surface area (Å²) in [7, 11) is -3.95. The Labute approximate surface area is 174 Å². The van der Waals surface area contributed by atoms with Gasteiger partial charge in [0.15, 0.2) is 5.69 Å². The summed E-state index contributed by atoms with van der Waals surface area (Å²) in [5, 5.41) is 9.29. The van der Waals surface area contributed by atoms with E-state index in [1.807, 2.05) is 0 Å². The molecule has 5 nitrogen and oxygen atoms in total. The van der Waals surface area contributed by atoms with Crippen molar-refractivity contribution in [3.8, 4) is 16.9 Å². The molecular weight excluding hydrogens is 450 g/mol. The fourth-order valence-electron chi connectivity index (χ4n) is 2.92. The molecule has 0 unspecified atom stereocenters. The molecule has 0 saturated carbocycles. The minimum atomic E-state index is -4.68. The van der Waals surface area contributed by atoms with Gasteiger partial charge in [-0.3, -0.25) is 0 Å². The van der Waals surface area contributed by atoms with Gasteiger partial charge < -0.3 is 0 Å². The molecule has 2 aromatic carbocycles. The van der Waals surface area contributed by atoms with Crippen LogP contribution in [0.4, 0.5) is 13.2 Å². The molecule has 29 heavy (non-hydrogen) atoms. The molecule has 0 saturated heterocycles.